The van der Waals surface area contributed by atoms with Crippen molar-refractivity contribution in [3.8, 4) is 0 Å². The molecule has 2 bridgehead atoms. The van der Waals surface area contributed by atoms with Crippen LogP contribution in [0.5, 0.6) is 0 Å². The number of aliphatic hydroxyl groups excluding tert-OH is 1. The lowest BCUT2D eigenvalue weighted by Gasteiger charge is -2.39. The third-order valence-corrected chi connectivity index (χ3v) is 9.72. The van der Waals surface area contributed by atoms with Crippen molar-refractivity contribution < 1.29 is 24.2 Å². The van der Waals surface area contributed by atoms with E-state index in [9.17, 15) is 19.5 Å². The van der Waals surface area contributed by atoms with E-state index in [2.05, 4.69) is 13.2 Å². The summed E-state index contributed by atoms with van der Waals surface area (Å²) in [5.74, 6) is -2.32. The Morgan fingerprint density at radius 2 is 1.88 bits per heavy atom. The highest BCUT2D eigenvalue weighted by Crippen LogP contribution is 2.66. The molecule has 7 atom stereocenters. The number of ether oxygens (including phenoxy) is 1. The van der Waals surface area contributed by atoms with Gasteiger partial charge >= 0.3 is 0 Å². The third kappa shape index (κ3) is 4.73. The number of benzene rings is 1. The van der Waals surface area contributed by atoms with Gasteiger partial charge in [-0.3, -0.25) is 14.4 Å². The topological polar surface area (TPSA) is 90.4 Å². The van der Waals surface area contributed by atoms with Gasteiger partial charge in [0.05, 0.1) is 30.1 Å². The van der Waals surface area contributed by atoms with Gasteiger partial charge in [0.15, 0.2) is 0 Å². The van der Waals surface area contributed by atoms with E-state index in [1.807, 2.05) is 59.7 Å². The van der Waals surface area contributed by atoms with Gasteiger partial charge in [0.25, 0.3) is 5.91 Å². The van der Waals surface area contributed by atoms with Crippen LogP contribution in [-0.4, -0.2) is 82.2 Å². The van der Waals surface area contributed by atoms with Gasteiger partial charge in [-0.25, -0.2) is 0 Å². The fraction of sp³-hybridized carbons (Fsp3) is 0.606. The minimum atomic E-state index is -1.19. The number of carbonyl (C=O) groups is 3. The summed E-state index contributed by atoms with van der Waals surface area (Å²) >= 11 is 0. The molecule has 4 rings (SSSR count). The summed E-state index contributed by atoms with van der Waals surface area (Å²) in [5.41, 5.74) is 0.591. The number of anilines is 1. The molecule has 0 aliphatic carbocycles. The van der Waals surface area contributed by atoms with E-state index in [0.717, 1.165) is 23.2 Å². The van der Waals surface area contributed by atoms with Crippen LogP contribution in [0.25, 0.3) is 0 Å². The Labute approximate surface area is 245 Å². The number of nitrogens with zero attached hydrogens (tertiary/aromatic N) is 3. The van der Waals surface area contributed by atoms with Crippen molar-refractivity contribution in [2.45, 2.75) is 84.1 Å². The Balaban J connectivity index is 1.90. The first-order valence-corrected chi connectivity index (χ1v) is 15.0. The average Bonchev–Trinajstić information content (AvgIpc) is 3.45. The molecule has 8 nitrogen and oxygen atoms in total. The Kier molecular flexibility index (Phi) is 8.86. The molecule has 1 aromatic rings. The first-order chi connectivity index (χ1) is 19.5. The predicted octanol–water partition coefficient (Wildman–Crippen LogP) is 4.03. The Hall–Kier alpha value is -2.97. The molecule has 3 amide bonds. The highest BCUT2D eigenvalue weighted by atomic mass is 16.5. The quantitative estimate of drug-likeness (QED) is 0.387. The molecule has 3 heterocycles. The van der Waals surface area contributed by atoms with Gasteiger partial charge in [0, 0.05) is 25.3 Å². The Morgan fingerprint density at radius 1 is 1.20 bits per heavy atom. The fourth-order valence-corrected chi connectivity index (χ4v) is 7.65. The molecule has 0 radical (unpaired) electrons. The van der Waals surface area contributed by atoms with Gasteiger partial charge in [0.2, 0.25) is 11.8 Å². The normalized spacial score (nSPS) is 30.7. The largest absolute Gasteiger partial charge is 0.394 e. The molecule has 3 unspecified atom stereocenters. The van der Waals surface area contributed by atoms with Crippen LogP contribution in [0.2, 0.25) is 0 Å². The predicted molar refractivity (Wildman–Crippen MR) is 160 cm³/mol. The minimum absolute atomic E-state index is 0.0641. The molecule has 1 spiro atoms. The van der Waals surface area contributed by atoms with E-state index in [1.165, 1.54) is 0 Å². The lowest BCUT2D eigenvalue weighted by Crippen LogP contribution is -2.59. The maximum Gasteiger partial charge on any atom is 0.253 e. The Morgan fingerprint density at radius 3 is 2.46 bits per heavy atom. The molecule has 3 aliphatic rings. The standard InChI is InChI=1S/C33H47N3O5/c1-9-15-34(16-10-2)29(38)26-27-30(39)36(24(12-4)20-37)28(33(27)19-23(7)32(26,8)41-33)31(40)35(17-11-3)25-18-21(5)13-14-22(25)6/h9,11,13-14,18,23-24,26-28,37H,1,3,10,12,15-17,19-20H2,2,4-8H3/t23?,24-,26-,27-,28?,32+,33?/m0/s1. The van der Waals surface area contributed by atoms with E-state index in [1.54, 1.807) is 26.9 Å². The summed E-state index contributed by atoms with van der Waals surface area (Å²) in [6.45, 7) is 20.4. The second-order valence-electron chi connectivity index (χ2n) is 12.3. The number of aryl methyl sites for hydroxylation is 2. The van der Waals surface area contributed by atoms with Gasteiger partial charge in [-0.1, -0.05) is 45.1 Å². The summed E-state index contributed by atoms with van der Waals surface area (Å²) in [6.07, 6.45) is 5.09. The summed E-state index contributed by atoms with van der Waals surface area (Å²) < 4.78 is 6.92. The van der Waals surface area contributed by atoms with Crippen molar-refractivity contribution in [2.24, 2.45) is 17.8 Å². The van der Waals surface area contributed by atoms with E-state index in [0.29, 0.717) is 25.9 Å². The number of likely N-dealkylation sites (tertiary alicyclic amines) is 1. The van der Waals surface area contributed by atoms with Crippen LogP contribution in [0.4, 0.5) is 5.69 Å². The summed E-state index contributed by atoms with van der Waals surface area (Å²) in [6, 6.07) is 4.38. The van der Waals surface area contributed by atoms with Crippen molar-refractivity contribution in [2.75, 3.05) is 31.1 Å². The molecule has 0 saturated carbocycles. The molecule has 1 N–H and O–H groups in total. The van der Waals surface area contributed by atoms with Crippen LogP contribution in [0.3, 0.4) is 0 Å². The van der Waals surface area contributed by atoms with E-state index in [4.69, 9.17) is 4.74 Å². The van der Waals surface area contributed by atoms with Gasteiger partial charge in [-0.05, 0) is 63.1 Å². The zero-order chi connectivity index (χ0) is 30.3. The van der Waals surface area contributed by atoms with Crippen LogP contribution in [0, 0.1) is 31.6 Å². The molecule has 1 aromatic carbocycles. The smallest absolute Gasteiger partial charge is 0.253 e. The lowest BCUT2D eigenvalue weighted by atomic mass is 9.62. The maximum atomic E-state index is 14.9. The molecule has 41 heavy (non-hydrogen) atoms. The van der Waals surface area contributed by atoms with Gasteiger partial charge < -0.3 is 24.5 Å². The van der Waals surface area contributed by atoms with Crippen LogP contribution in [0.1, 0.15) is 58.1 Å². The number of amides is 3. The van der Waals surface area contributed by atoms with Gasteiger partial charge in [-0.2, -0.15) is 0 Å². The van der Waals surface area contributed by atoms with E-state index in [-0.39, 0.29) is 36.8 Å². The molecular weight excluding hydrogens is 518 g/mol. The van der Waals surface area contributed by atoms with Gasteiger partial charge in [0.1, 0.15) is 11.6 Å². The first-order valence-electron chi connectivity index (χ1n) is 15.0. The minimum Gasteiger partial charge on any atom is -0.394 e. The van der Waals surface area contributed by atoms with E-state index >= 15 is 0 Å². The summed E-state index contributed by atoms with van der Waals surface area (Å²) in [4.78, 5) is 48.6. The second-order valence-corrected chi connectivity index (χ2v) is 12.3. The molecule has 3 fully saturated rings. The van der Waals surface area contributed by atoms with E-state index < -0.39 is 35.1 Å². The van der Waals surface area contributed by atoms with Crippen molar-refractivity contribution in [1.29, 1.82) is 0 Å². The Bertz CT molecular complexity index is 1210. The molecular formula is C33H47N3O5. The second kappa shape index (κ2) is 11.7. The average molecular weight is 566 g/mol. The van der Waals surface area contributed by atoms with Crippen LogP contribution >= 0.6 is 0 Å². The van der Waals surface area contributed by atoms with Crippen molar-refractivity contribution in [3.63, 3.8) is 0 Å². The van der Waals surface area contributed by atoms with Crippen molar-refractivity contribution in [3.05, 3.63) is 54.6 Å². The van der Waals surface area contributed by atoms with Crippen LogP contribution < -0.4 is 4.90 Å². The number of aliphatic hydroxyl groups is 1. The fourth-order valence-electron chi connectivity index (χ4n) is 7.65. The maximum absolute atomic E-state index is 14.9. The lowest BCUT2D eigenvalue weighted by molar-refractivity contribution is -0.153. The molecule has 0 aromatic heterocycles. The highest BCUT2D eigenvalue weighted by molar-refractivity contribution is 6.05. The summed E-state index contributed by atoms with van der Waals surface area (Å²) in [7, 11) is 0. The first kappa shape index (κ1) is 31.0. The number of carbonyl (C=O) groups excluding carboxylic acids is 3. The van der Waals surface area contributed by atoms with Crippen LogP contribution in [-0.2, 0) is 19.1 Å². The zero-order valence-electron chi connectivity index (χ0n) is 25.6. The summed E-state index contributed by atoms with van der Waals surface area (Å²) in [5, 5.41) is 10.4. The molecule has 224 valence electrons. The van der Waals surface area contributed by atoms with Crippen molar-refractivity contribution in [1.82, 2.24) is 9.80 Å². The molecule has 3 saturated heterocycles. The number of rotatable bonds is 12. The zero-order valence-corrected chi connectivity index (χ0v) is 25.6. The van der Waals surface area contributed by atoms with Crippen molar-refractivity contribution >= 4 is 23.4 Å². The van der Waals surface area contributed by atoms with Gasteiger partial charge in [-0.15, -0.1) is 13.2 Å². The van der Waals surface area contributed by atoms with Crippen LogP contribution in [0.15, 0.2) is 43.5 Å². The SMILES string of the molecule is C=CCN(CCC)C(=O)[C@@H]1[C@H]2C(=O)N([C@@H](CC)CO)C(C(=O)N(CC=C)c3cc(C)ccc3C)C23CC(C)[C@@]1(C)O3. The molecule has 3 aliphatic heterocycles. The monoisotopic (exact) mass is 565 g/mol. The number of fused-ring (bicyclic) bond motifs is 1. The molecule has 8 heteroatoms. The number of hydrogen-bond acceptors (Lipinski definition) is 5. The highest BCUT2D eigenvalue weighted by Gasteiger charge is 2.80. The third-order valence-electron chi connectivity index (χ3n) is 9.72. The number of hydrogen-bond donors (Lipinski definition) is 1.